The molecule has 0 aliphatic carbocycles. The Morgan fingerprint density at radius 2 is 2.00 bits per heavy atom. The monoisotopic (exact) mass is 210 g/mol. The van der Waals surface area contributed by atoms with Crippen LogP contribution in [0.1, 0.15) is 12.5 Å². The fourth-order valence-corrected chi connectivity index (χ4v) is 1.13. The molecule has 3 heteroatoms. The van der Waals surface area contributed by atoms with Crippen molar-refractivity contribution in [3.05, 3.63) is 47.2 Å². The average Bonchev–Trinajstić information content (AvgIpc) is 2.07. The molecule has 0 fully saturated rings. The lowest BCUT2D eigenvalue weighted by molar-refractivity contribution is -0.138. The van der Waals surface area contributed by atoms with Crippen LogP contribution < -0.4 is 0 Å². The highest BCUT2D eigenvalue weighted by Gasteiger charge is 2.04. The molecule has 1 aromatic rings. The number of hydrogen-bond donors (Lipinski definition) is 0. The largest absolute Gasteiger partial charge is 0.432 e. The van der Waals surface area contributed by atoms with Crippen LogP contribution >= 0.6 is 11.6 Å². The molecule has 0 heterocycles. The molecule has 0 radical (unpaired) electrons. The second-order valence-corrected chi connectivity index (χ2v) is 3.42. The molecular formula is C11H11ClO2. The van der Waals surface area contributed by atoms with Crippen LogP contribution in [0.15, 0.2) is 36.6 Å². The predicted molar refractivity (Wildman–Crippen MR) is 56.1 cm³/mol. The van der Waals surface area contributed by atoms with Gasteiger partial charge in [0, 0.05) is 5.02 Å². The van der Waals surface area contributed by atoms with Crippen LogP contribution in [-0.4, -0.2) is 5.97 Å². The fourth-order valence-electron chi connectivity index (χ4n) is 0.999. The van der Waals surface area contributed by atoms with E-state index in [1.807, 2.05) is 0 Å². The molecule has 0 spiro atoms. The van der Waals surface area contributed by atoms with Crippen LogP contribution in [0.25, 0.3) is 0 Å². The van der Waals surface area contributed by atoms with Crippen molar-refractivity contribution < 1.29 is 9.53 Å². The summed E-state index contributed by atoms with van der Waals surface area (Å²) < 4.78 is 4.82. The quantitative estimate of drug-likeness (QED) is 0.567. The zero-order chi connectivity index (χ0) is 10.6. The Kier molecular flexibility index (Phi) is 3.72. The number of rotatable bonds is 3. The van der Waals surface area contributed by atoms with Crippen LogP contribution in [0.5, 0.6) is 0 Å². The van der Waals surface area contributed by atoms with Crippen molar-refractivity contribution in [2.24, 2.45) is 0 Å². The highest BCUT2D eigenvalue weighted by Crippen LogP contribution is 2.10. The summed E-state index contributed by atoms with van der Waals surface area (Å²) >= 11 is 5.70. The first-order valence-electron chi connectivity index (χ1n) is 4.18. The van der Waals surface area contributed by atoms with Gasteiger partial charge in [-0.2, -0.15) is 0 Å². The molecule has 0 aliphatic rings. The molecule has 0 saturated heterocycles. The van der Waals surface area contributed by atoms with E-state index in [0.717, 1.165) is 5.56 Å². The maximum atomic E-state index is 11.2. The summed E-state index contributed by atoms with van der Waals surface area (Å²) in [6.45, 7) is 5.13. The Morgan fingerprint density at radius 3 is 2.50 bits per heavy atom. The van der Waals surface area contributed by atoms with E-state index in [0.29, 0.717) is 10.8 Å². The minimum absolute atomic E-state index is 0.240. The molecular weight excluding hydrogens is 200 g/mol. The molecule has 0 amide bonds. The van der Waals surface area contributed by atoms with Crippen molar-refractivity contribution in [1.82, 2.24) is 0 Å². The van der Waals surface area contributed by atoms with E-state index in [2.05, 4.69) is 6.58 Å². The lowest BCUT2D eigenvalue weighted by atomic mass is 10.1. The Hall–Kier alpha value is -1.28. The predicted octanol–water partition coefficient (Wildman–Crippen LogP) is 2.96. The van der Waals surface area contributed by atoms with Gasteiger partial charge in [0.1, 0.15) is 0 Å². The van der Waals surface area contributed by atoms with Crippen LogP contribution in [0, 0.1) is 0 Å². The number of esters is 1. The third kappa shape index (κ3) is 3.62. The normalized spacial score (nSPS) is 9.57. The standard InChI is InChI=1S/C11H11ClO2/c1-8(2)14-11(13)7-9-3-5-10(12)6-4-9/h3-6H,1,7H2,2H3. The van der Waals surface area contributed by atoms with Gasteiger partial charge in [-0.3, -0.25) is 4.79 Å². The van der Waals surface area contributed by atoms with Gasteiger partial charge in [-0.25, -0.2) is 0 Å². The molecule has 74 valence electrons. The molecule has 14 heavy (non-hydrogen) atoms. The Morgan fingerprint density at radius 1 is 1.43 bits per heavy atom. The molecule has 1 aromatic carbocycles. The van der Waals surface area contributed by atoms with Gasteiger partial charge in [-0.05, 0) is 24.6 Å². The summed E-state index contributed by atoms with van der Waals surface area (Å²) in [5.41, 5.74) is 0.876. The summed E-state index contributed by atoms with van der Waals surface area (Å²) in [6.07, 6.45) is 0.240. The second-order valence-electron chi connectivity index (χ2n) is 2.98. The smallest absolute Gasteiger partial charge is 0.315 e. The van der Waals surface area contributed by atoms with Crippen LogP contribution in [0.2, 0.25) is 5.02 Å². The number of benzene rings is 1. The summed E-state index contributed by atoms with van der Waals surface area (Å²) in [5.74, 6) is 0.101. The Balaban J connectivity index is 2.56. The number of allylic oxidation sites excluding steroid dienone is 1. The molecule has 1 rings (SSSR count). The van der Waals surface area contributed by atoms with Gasteiger partial charge in [-0.1, -0.05) is 30.3 Å². The zero-order valence-corrected chi connectivity index (χ0v) is 8.67. The SMILES string of the molecule is C=C(C)OC(=O)Cc1ccc(Cl)cc1. The van der Waals surface area contributed by atoms with E-state index in [4.69, 9.17) is 16.3 Å². The van der Waals surface area contributed by atoms with Crippen LogP contribution in [0.3, 0.4) is 0 Å². The van der Waals surface area contributed by atoms with Gasteiger partial charge in [-0.15, -0.1) is 0 Å². The Bertz CT molecular complexity index is 341. The molecule has 0 atom stereocenters. The van der Waals surface area contributed by atoms with Gasteiger partial charge >= 0.3 is 5.97 Å². The lowest BCUT2D eigenvalue weighted by Crippen LogP contribution is -2.05. The third-order valence-corrected chi connectivity index (χ3v) is 1.80. The Labute approximate surface area is 88.1 Å². The maximum absolute atomic E-state index is 11.2. The fraction of sp³-hybridized carbons (Fsp3) is 0.182. The first-order valence-corrected chi connectivity index (χ1v) is 4.56. The molecule has 0 aromatic heterocycles. The molecule has 0 bridgehead atoms. The average molecular weight is 211 g/mol. The highest BCUT2D eigenvalue weighted by atomic mass is 35.5. The zero-order valence-electron chi connectivity index (χ0n) is 7.92. The van der Waals surface area contributed by atoms with Crippen molar-refractivity contribution in [3.63, 3.8) is 0 Å². The lowest BCUT2D eigenvalue weighted by Gasteiger charge is -2.02. The number of halogens is 1. The molecule has 0 unspecified atom stereocenters. The van der Waals surface area contributed by atoms with Crippen molar-refractivity contribution in [2.75, 3.05) is 0 Å². The van der Waals surface area contributed by atoms with Gasteiger partial charge < -0.3 is 4.74 Å². The summed E-state index contributed by atoms with van der Waals surface area (Å²) in [5, 5.41) is 0.655. The summed E-state index contributed by atoms with van der Waals surface area (Å²) in [6, 6.07) is 7.07. The first kappa shape index (κ1) is 10.8. The molecule has 0 saturated carbocycles. The van der Waals surface area contributed by atoms with Gasteiger partial charge in [0.2, 0.25) is 0 Å². The highest BCUT2D eigenvalue weighted by molar-refractivity contribution is 6.30. The van der Waals surface area contributed by atoms with Crippen LogP contribution in [0.4, 0.5) is 0 Å². The van der Waals surface area contributed by atoms with Crippen molar-refractivity contribution in [3.8, 4) is 0 Å². The molecule has 0 aliphatic heterocycles. The van der Waals surface area contributed by atoms with Gasteiger partial charge in [0.25, 0.3) is 0 Å². The number of carbonyl (C=O) groups is 1. The van der Waals surface area contributed by atoms with Gasteiger partial charge in [0.15, 0.2) is 0 Å². The van der Waals surface area contributed by atoms with Gasteiger partial charge in [0.05, 0.1) is 12.2 Å². The summed E-state index contributed by atoms with van der Waals surface area (Å²) in [4.78, 5) is 11.2. The summed E-state index contributed by atoms with van der Waals surface area (Å²) in [7, 11) is 0. The number of carbonyl (C=O) groups excluding carboxylic acids is 1. The van der Waals surface area contributed by atoms with E-state index < -0.39 is 0 Å². The minimum Gasteiger partial charge on any atom is -0.432 e. The molecule has 0 N–H and O–H groups in total. The number of hydrogen-bond acceptors (Lipinski definition) is 2. The minimum atomic E-state index is -0.306. The van der Waals surface area contributed by atoms with Crippen molar-refractivity contribution in [1.29, 1.82) is 0 Å². The first-order chi connectivity index (χ1) is 6.58. The molecule has 2 nitrogen and oxygen atoms in total. The third-order valence-electron chi connectivity index (χ3n) is 1.55. The van der Waals surface area contributed by atoms with Crippen molar-refractivity contribution >= 4 is 17.6 Å². The van der Waals surface area contributed by atoms with E-state index in [9.17, 15) is 4.79 Å². The maximum Gasteiger partial charge on any atom is 0.315 e. The van der Waals surface area contributed by atoms with E-state index in [1.165, 1.54) is 0 Å². The van der Waals surface area contributed by atoms with Crippen molar-refractivity contribution in [2.45, 2.75) is 13.3 Å². The van der Waals surface area contributed by atoms with Crippen LogP contribution in [-0.2, 0) is 16.0 Å². The number of ether oxygens (including phenoxy) is 1. The van der Waals surface area contributed by atoms with E-state index in [-0.39, 0.29) is 12.4 Å². The van der Waals surface area contributed by atoms with E-state index >= 15 is 0 Å². The van der Waals surface area contributed by atoms with E-state index in [1.54, 1.807) is 31.2 Å². The topological polar surface area (TPSA) is 26.3 Å². The second kappa shape index (κ2) is 4.82.